The molecule has 0 N–H and O–H groups in total. The quantitative estimate of drug-likeness (QED) is 0.289. The Hall–Kier alpha value is -0.670. The second kappa shape index (κ2) is 2.49. The van der Waals surface area contributed by atoms with Crippen molar-refractivity contribution in [1.29, 1.82) is 0 Å². The molecule has 2 nitrogen and oxygen atoms in total. The Balaban J connectivity index is 3.33. The molecule has 0 aromatic heterocycles. The summed E-state index contributed by atoms with van der Waals surface area (Å²) < 4.78 is 22.4. The first-order valence-electron chi connectivity index (χ1n) is 1.66. The molecule has 0 aliphatic rings. The first-order valence-corrected chi connectivity index (χ1v) is 1.66. The van der Waals surface area contributed by atoms with E-state index < -0.39 is 6.55 Å². The third-order valence-electron chi connectivity index (χ3n) is 0.506. The van der Waals surface area contributed by atoms with Crippen LogP contribution in [0.3, 0.4) is 0 Å². The van der Waals surface area contributed by atoms with E-state index in [4.69, 9.17) is 0 Å². The third kappa shape index (κ3) is 2.08. The first-order chi connectivity index (χ1) is 3.18. The van der Waals surface area contributed by atoms with Gasteiger partial charge in [0.15, 0.2) is 0 Å². The van der Waals surface area contributed by atoms with Gasteiger partial charge in [-0.2, -0.15) is 13.9 Å². The molecule has 0 rings (SSSR count). The van der Waals surface area contributed by atoms with Crippen LogP contribution in [0.25, 0.3) is 0 Å². The summed E-state index contributed by atoms with van der Waals surface area (Å²) in [7, 11) is 1.15. The molecule has 7 heavy (non-hydrogen) atoms. The highest BCUT2D eigenvalue weighted by atomic mass is 19.3. The van der Waals surface area contributed by atoms with E-state index in [2.05, 4.69) is 11.8 Å². The Kier molecular flexibility index (Phi) is 2.26. The minimum Gasteiger partial charge on any atom is -0.241 e. The predicted octanol–water partition coefficient (Wildman–Crippen LogP) is 0.756. The number of nitrogens with zero attached hydrogens (tertiary/aromatic N) is 2. The summed E-state index contributed by atoms with van der Waals surface area (Å²) >= 11 is 0. The summed E-state index contributed by atoms with van der Waals surface area (Å²) in [5.74, 6) is 0. The number of hydrazone groups is 1. The van der Waals surface area contributed by atoms with Gasteiger partial charge >= 0.3 is 6.55 Å². The highest BCUT2D eigenvalue weighted by Gasteiger charge is 2.03. The van der Waals surface area contributed by atoms with Crippen molar-refractivity contribution in [3.05, 3.63) is 0 Å². The maximum Gasteiger partial charge on any atom is 0.329 e. The molecule has 0 saturated carbocycles. The minimum atomic E-state index is -2.53. The van der Waals surface area contributed by atoms with E-state index in [1.807, 2.05) is 0 Å². The fraction of sp³-hybridized carbons (Fsp3) is 0.667. The molecule has 0 atom stereocenters. The smallest absolute Gasteiger partial charge is 0.241 e. The van der Waals surface area contributed by atoms with Gasteiger partial charge in [0.2, 0.25) is 0 Å². The Labute approximate surface area is 40.4 Å². The lowest BCUT2D eigenvalue weighted by molar-refractivity contribution is -0.00671. The molecule has 0 unspecified atom stereocenters. The van der Waals surface area contributed by atoms with Crippen LogP contribution in [0.4, 0.5) is 8.78 Å². The van der Waals surface area contributed by atoms with Crippen LogP contribution in [-0.4, -0.2) is 25.3 Å². The van der Waals surface area contributed by atoms with Crippen LogP contribution in [0.2, 0.25) is 0 Å². The molecule has 0 fully saturated rings. The first kappa shape index (κ1) is 6.33. The average molecular weight is 108 g/mol. The fourth-order valence-electron chi connectivity index (χ4n) is 0.0617. The number of hydrogen-bond donors (Lipinski definition) is 0. The molecule has 0 aromatic carbocycles. The molecule has 0 saturated heterocycles. The highest BCUT2D eigenvalue weighted by molar-refractivity contribution is 5.22. The maximum atomic E-state index is 11.2. The van der Waals surface area contributed by atoms with E-state index in [-0.39, 0.29) is 0 Å². The molecule has 0 spiro atoms. The second-order valence-electron chi connectivity index (χ2n) is 0.993. The lowest BCUT2D eigenvalue weighted by Crippen LogP contribution is -2.16. The lowest BCUT2D eigenvalue weighted by atomic mass is 11.1. The molecule has 0 radical (unpaired) electrons. The van der Waals surface area contributed by atoms with Gasteiger partial charge in [0.25, 0.3) is 0 Å². The van der Waals surface area contributed by atoms with E-state index in [1.165, 1.54) is 0 Å². The van der Waals surface area contributed by atoms with Gasteiger partial charge in [0.1, 0.15) is 0 Å². The van der Waals surface area contributed by atoms with Crippen LogP contribution in [-0.2, 0) is 0 Å². The van der Waals surface area contributed by atoms with Gasteiger partial charge in [-0.3, -0.25) is 0 Å². The Morgan fingerprint density at radius 1 is 1.71 bits per heavy atom. The number of alkyl halides is 2. The van der Waals surface area contributed by atoms with Gasteiger partial charge in [-0.25, -0.2) is 5.01 Å². The molecule has 0 aromatic rings. The van der Waals surface area contributed by atoms with Crippen LogP contribution in [0.1, 0.15) is 0 Å². The van der Waals surface area contributed by atoms with E-state index >= 15 is 0 Å². The van der Waals surface area contributed by atoms with E-state index in [1.54, 1.807) is 0 Å². The van der Waals surface area contributed by atoms with Crippen molar-refractivity contribution in [3.8, 4) is 0 Å². The summed E-state index contributed by atoms with van der Waals surface area (Å²) in [6.07, 6.45) is 0. The summed E-state index contributed by atoms with van der Waals surface area (Å²) in [6, 6.07) is 0. The minimum absolute atomic E-state index is 0.472. The molecule has 0 aliphatic heterocycles. The zero-order chi connectivity index (χ0) is 5.86. The molecular weight excluding hydrogens is 102 g/mol. The van der Waals surface area contributed by atoms with Crippen molar-refractivity contribution in [2.75, 3.05) is 7.05 Å². The van der Waals surface area contributed by atoms with E-state index in [0.29, 0.717) is 5.01 Å². The van der Waals surface area contributed by atoms with Crippen LogP contribution >= 0.6 is 0 Å². The van der Waals surface area contributed by atoms with Gasteiger partial charge < -0.3 is 0 Å². The van der Waals surface area contributed by atoms with Crippen LogP contribution in [0, 0.1) is 0 Å². The Bertz CT molecular complexity index is 64.0. The predicted molar refractivity (Wildman–Crippen MR) is 23.3 cm³/mol. The molecule has 4 heteroatoms. The van der Waals surface area contributed by atoms with Crippen LogP contribution in [0.15, 0.2) is 5.10 Å². The zero-order valence-corrected chi connectivity index (χ0v) is 3.93. The van der Waals surface area contributed by atoms with Crippen LogP contribution in [0.5, 0.6) is 0 Å². The van der Waals surface area contributed by atoms with Gasteiger partial charge in [0.05, 0.1) is 0 Å². The molecule has 0 aliphatic carbocycles. The number of hydrogen-bond acceptors (Lipinski definition) is 2. The largest absolute Gasteiger partial charge is 0.329 e. The third-order valence-corrected chi connectivity index (χ3v) is 0.506. The second-order valence-corrected chi connectivity index (χ2v) is 0.993. The van der Waals surface area contributed by atoms with E-state index in [9.17, 15) is 8.78 Å². The normalized spacial score (nSPS) is 9.14. The van der Waals surface area contributed by atoms with Crippen molar-refractivity contribution in [1.82, 2.24) is 5.01 Å². The monoisotopic (exact) mass is 108 g/mol. The van der Waals surface area contributed by atoms with Gasteiger partial charge in [-0.15, -0.1) is 0 Å². The molecule has 0 bridgehead atoms. The molecule has 0 heterocycles. The Morgan fingerprint density at radius 2 is 2.14 bits per heavy atom. The van der Waals surface area contributed by atoms with Crippen molar-refractivity contribution < 1.29 is 8.78 Å². The van der Waals surface area contributed by atoms with Crippen molar-refractivity contribution in [2.45, 2.75) is 6.55 Å². The summed E-state index contributed by atoms with van der Waals surface area (Å²) in [6.45, 7) is 0.348. The maximum absolute atomic E-state index is 11.2. The number of halogens is 2. The topological polar surface area (TPSA) is 15.6 Å². The fourth-order valence-corrected chi connectivity index (χ4v) is 0.0617. The van der Waals surface area contributed by atoms with Gasteiger partial charge in [0, 0.05) is 13.8 Å². The van der Waals surface area contributed by atoms with Crippen molar-refractivity contribution in [2.24, 2.45) is 5.10 Å². The van der Waals surface area contributed by atoms with Gasteiger partial charge in [-0.1, -0.05) is 0 Å². The summed E-state index contributed by atoms with van der Waals surface area (Å²) in [5.41, 5.74) is 0. The zero-order valence-electron chi connectivity index (χ0n) is 3.93. The van der Waals surface area contributed by atoms with Gasteiger partial charge in [-0.05, 0) is 0 Å². The van der Waals surface area contributed by atoms with Crippen molar-refractivity contribution in [3.63, 3.8) is 0 Å². The van der Waals surface area contributed by atoms with Crippen molar-refractivity contribution >= 4 is 6.72 Å². The standard InChI is InChI=1S/C3H6F2N2/c1-6-7(2)3(4)5/h3H,1H2,2H3. The van der Waals surface area contributed by atoms with Crippen LogP contribution < -0.4 is 0 Å². The lowest BCUT2D eigenvalue weighted by Gasteiger charge is -2.07. The summed E-state index contributed by atoms with van der Waals surface area (Å²) in [5, 5.41) is 3.39. The molecular formula is C3H6F2N2. The number of rotatable bonds is 2. The Morgan fingerprint density at radius 3 is 2.14 bits per heavy atom. The molecule has 0 amide bonds. The SMILES string of the molecule is C=NN(C)C(F)F. The van der Waals surface area contributed by atoms with E-state index in [0.717, 1.165) is 7.05 Å². The molecule has 42 valence electrons. The average Bonchev–Trinajstić information content (AvgIpc) is 1.65. The highest BCUT2D eigenvalue weighted by Crippen LogP contribution is 1.96. The summed E-state index contributed by atoms with van der Waals surface area (Å²) in [4.78, 5) is 0.